The number of rotatable bonds is 3. The number of fused-ring (bicyclic) bond motifs is 1. The average Bonchev–Trinajstić information content (AvgIpc) is 2.72. The van der Waals surface area contributed by atoms with Crippen molar-refractivity contribution < 1.29 is 13.9 Å². The van der Waals surface area contributed by atoms with Gasteiger partial charge in [0.1, 0.15) is 27.4 Å². The zero-order valence-corrected chi connectivity index (χ0v) is 17.2. The molecule has 148 valence electrons. The Morgan fingerprint density at radius 1 is 1.21 bits per heavy atom. The molecular formula is C21H18BrFN4O2. The first-order valence-corrected chi connectivity index (χ1v) is 9.83. The monoisotopic (exact) mass is 456 g/mol. The fraction of sp³-hybridized carbons (Fsp3) is 0.190. The molecule has 0 unspecified atom stereocenters. The van der Waals surface area contributed by atoms with Crippen LogP contribution < -0.4 is 15.4 Å². The Hall–Kier alpha value is -3.00. The summed E-state index contributed by atoms with van der Waals surface area (Å²) in [4.78, 5) is 21.5. The minimum atomic E-state index is -1.04. The summed E-state index contributed by atoms with van der Waals surface area (Å²) in [5, 5.41) is 5.81. The van der Waals surface area contributed by atoms with Crippen LogP contribution in [0.3, 0.4) is 0 Å². The molecule has 29 heavy (non-hydrogen) atoms. The first kappa shape index (κ1) is 19.3. The molecule has 4 rings (SSSR count). The van der Waals surface area contributed by atoms with E-state index in [1.807, 2.05) is 6.07 Å². The summed E-state index contributed by atoms with van der Waals surface area (Å²) in [5.74, 6) is 0.214. The van der Waals surface area contributed by atoms with Crippen molar-refractivity contribution in [3.8, 4) is 5.75 Å². The number of carbonyl (C=O) groups excluding carboxylic acids is 1. The van der Waals surface area contributed by atoms with Crippen LogP contribution in [-0.2, 0) is 5.54 Å². The lowest BCUT2D eigenvalue weighted by atomic mass is 9.81. The smallest absolute Gasteiger partial charge is 0.320 e. The normalized spacial score (nSPS) is 17.8. The van der Waals surface area contributed by atoms with Crippen molar-refractivity contribution in [1.82, 2.24) is 15.3 Å². The average molecular weight is 457 g/mol. The van der Waals surface area contributed by atoms with E-state index in [4.69, 9.17) is 4.74 Å². The minimum Gasteiger partial charge on any atom is -0.491 e. The molecule has 1 aromatic carbocycles. The molecule has 0 fully saturated rings. The van der Waals surface area contributed by atoms with Gasteiger partial charge in [-0.3, -0.25) is 4.98 Å². The minimum absolute atomic E-state index is 0.344. The molecule has 1 aliphatic rings. The third kappa shape index (κ3) is 3.67. The Bertz CT molecular complexity index is 1080. The summed E-state index contributed by atoms with van der Waals surface area (Å²) in [6.07, 6.45) is 3.65. The zero-order valence-electron chi connectivity index (χ0n) is 15.6. The fourth-order valence-electron chi connectivity index (χ4n) is 3.42. The first-order chi connectivity index (χ1) is 14.0. The highest BCUT2D eigenvalue weighted by molar-refractivity contribution is 9.10. The van der Waals surface area contributed by atoms with Gasteiger partial charge < -0.3 is 15.4 Å². The molecular weight excluding hydrogens is 439 g/mol. The summed E-state index contributed by atoms with van der Waals surface area (Å²) in [6, 6.07) is 11.5. The lowest BCUT2D eigenvalue weighted by Gasteiger charge is -2.39. The lowest BCUT2D eigenvalue weighted by Crippen LogP contribution is -2.51. The molecule has 2 N–H and O–H groups in total. The number of aromatic nitrogens is 2. The number of anilines is 1. The van der Waals surface area contributed by atoms with Crippen molar-refractivity contribution in [3.05, 3.63) is 82.1 Å². The Morgan fingerprint density at radius 2 is 2.00 bits per heavy atom. The van der Waals surface area contributed by atoms with Gasteiger partial charge in [-0.1, -0.05) is 12.1 Å². The van der Waals surface area contributed by atoms with E-state index in [0.29, 0.717) is 45.9 Å². The second-order valence-electron chi connectivity index (χ2n) is 6.74. The summed E-state index contributed by atoms with van der Waals surface area (Å²) in [7, 11) is 0. The van der Waals surface area contributed by atoms with Gasteiger partial charge in [-0.2, -0.15) is 0 Å². The molecule has 0 bridgehead atoms. The van der Waals surface area contributed by atoms with Crippen molar-refractivity contribution in [3.63, 3.8) is 0 Å². The van der Waals surface area contributed by atoms with Crippen molar-refractivity contribution in [2.75, 3.05) is 11.9 Å². The van der Waals surface area contributed by atoms with Crippen molar-refractivity contribution in [2.45, 2.75) is 18.9 Å². The molecule has 8 heteroatoms. The highest BCUT2D eigenvalue weighted by Crippen LogP contribution is 2.41. The largest absolute Gasteiger partial charge is 0.491 e. The van der Waals surface area contributed by atoms with Crippen LogP contribution in [0.15, 0.2) is 59.5 Å². The van der Waals surface area contributed by atoms with Gasteiger partial charge in [-0.05, 0) is 64.3 Å². The summed E-state index contributed by atoms with van der Waals surface area (Å²) in [6.45, 7) is 2.05. The van der Waals surface area contributed by atoms with E-state index in [1.54, 1.807) is 49.6 Å². The van der Waals surface area contributed by atoms with E-state index in [9.17, 15) is 9.18 Å². The molecule has 0 radical (unpaired) electrons. The molecule has 2 amide bonds. The van der Waals surface area contributed by atoms with E-state index in [1.165, 1.54) is 6.07 Å². The fourth-order valence-corrected chi connectivity index (χ4v) is 3.77. The van der Waals surface area contributed by atoms with Crippen LogP contribution in [-0.4, -0.2) is 22.6 Å². The van der Waals surface area contributed by atoms with Gasteiger partial charge in [0.25, 0.3) is 0 Å². The Balaban J connectivity index is 1.77. The number of halogens is 2. The van der Waals surface area contributed by atoms with Gasteiger partial charge in [0, 0.05) is 18.8 Å². The zero-order chi connectivity index (χ0) is 20.4. The van der Waals surface area contributed by atoms with Crippen LogP contribution in [0.2, 0.25) is 0 Å². The van der Waals surface area contributed by atoms with Gasteiger partial charge in [-0.15, -0.1) is 0 Å². The number of benzene rings is 1. The van der Waals surface area contributed by atoms with Crippen LogP contribution in [0.25, 0.3) is 0 Å². The van der Waals surface area contributed by atoms with Crippen molar-refractivity contribution in [1.29, 1.82) is 0 Å². The molecule has 3 heterocycles. The lowest BCUT2D eigenvalue weighted by molar-refractivity contribution is 0.200. The number of pyridine rings is 2. The quantitative estimate of drug-likeness (QED) is 0.567. The predicted molar refractivity (Wildman–Crippen MR) is 110 cm³/mol. The number of urea groups is 1. The Morgan fingerprint density at radius 3 is 2.79 bits per heavy atom. The number of nitrogens with one attached hydrogen (secondary N) is 2. The highest BCUT2D eigenvalue weighted by atomic mass is 79.9. The third-order valence-electron chi connectivity index (χ3n) is 4.91. The third-order valence-corrected chi connectivity index (χ3v) is 5.54. The molecule has 2 aromatic heterocycles. The van der Waals surface area contributed by atoms with Crippen LogP contribution >= 0.6 is 15.9 Å². The number of amides is 2. The number of hydrogen-bond donors (Lipinski definition) is 2. The molecule has 0 saturated heterocycles. The van der Waals surface area contributed by atoms with Gasteiger partial charge >= 0.3 is 6.03 Å². The van der Waals surface area contributed by atoms with Gasteiger partial charge in [0.2, 0.25) is 0 Å². The summed E-state index contributed by atoms with van der Waals surface area (Å²) in [5.41, 5.74) is 1.14. The predicted octanol–water partition coefficient (Wildman–Crippen LogP) is 4.53. The SMILES string of the molecule is Cc1ccc([C@@]2(NC(=O)Nc3cccnc3Br)CCOc3cccnc32)cc1F. The highest BCUT2D eigenvalue weighted by Gasteiger charge is 2.42. The van der Waals surface area contributed by atoms with Crippen LogP contribution in [0.1, 0.15) is 23.2 Å². The number of ether oxygens (including phenoxy) is 1. The topological polar surface area (TPSA) is 76.1 Å². The maximum absolute atomic E-state index is 14.4. The molecule has 0 aliphatic carbocycles. The number of aryl methyl sites for hydroxylation is 1. The number of carbonyl (C=O) groups is 1. The van der Waals surface area contributed by atoms with E-state index in [-0.39, 0.29) is 5.82 Å². The van der Waals surface area contributed by atoms with Crippen LogP contribution in [0.5, 0.6) is 5.75 Å². The molecule has 0 saturated carbocycles. The molecule has 6 nitrogen and oxygen atoms in total. The Kier molecular flexibility index (Phi) is 5.19. The second kappa shape index (κ2) is 7.79. The Labute approximate surface area is 175 Å². The molecule has 1 atom stereocenters. The molecule has 0 spiro atoms. The maximum Gasteiger partial charge on any atom is 0.320 e. The summed E-state index contributed by atoms with van der Waals surface area (Å²) >= 11 is 3.32. The van der Waals surface area contributed by atoms with E-state index < -0.39 is 11.6 Å². The van der Waals surface area contributed by atoms with Crippen LogP contribution in [0.4, 0.5) is 14.9 Å². The standard InChI is InChI=1S/C21H18BrFN4O2/c1-13-6-7-14(12-15(13)23)21(8-11-29-17-5-3-9-24-18(17)21)27-20(28)26-16-4-2-10-25-19(16)22/h2-7,9-10,12H,8,11H2,1H3,(H2,26,27,28)/t21-/m0/s1. The molecule has 3 aromatic rings. The maximum atomic E-state index is 14.4. The van der Waals surface area contributed by atoms with Crippen molar-refractivity contribution in [2.24, 2.45) is 0 Å². The van der Waals surface area contributed by atoms with Crippen molar-refractivity contribution >= 4 is 27.6 Å². The number of hydrogen-bond acceptors (Lipinski definition) is 4. The van der Waals surface area contributed by atoms with Gasteiger partial charge in [0.15, 0.2) is 0 Å². The molecule has 1 aliphatic heterocycles. The van der Waals surface area contributed by atoms with E-state index in [0.717, 1.165) is 0 Å². The van der Waals surface area contributed by atoms with Crippen LogP contribution in [0, 0.1) is 12.7 Å². The second-order valence-corrected chi connectivity index (χ2v) is 7.49. The van der Waals surface area contributed by atoms with Gasteiger partial charge in [0.05, 0.1) is 12.3 Å². The van der Waals surface area contributed by atoms with E-state index in [2.05, 4.69) is 36.5 Å². The van der Waals surface area contributed by atoms with E-state index >= 15 is 0 Å². The first-order valence-electron chi connectivity index (χ1n) is 9.04. The summed E-state index contributed by atoms with van der Waals surface area (Å²) < 4.78 is 20.7. The number of nitrogens with zero attached hydrogens (tertiary/aromatic N) is 2. The van der Waals surface area contributed by atoms with Gasteiger partial charge in [-0.25, -0.2) is 14.2 Å².